The number of hydrogen-bond acceptors (Lipinski definition) is 8. The lowest BCUT2D eigenvalue weighted by atomic mass is 10.1. The van der Waals surface area contributed by atoms with E-state index in [-0.39, 0.29) is 28.6 Å². The number of hydrogen-bond donors (Lipinski definition) is 1. The molecule has 0 saturated heterocycles. The summed E-state index contributed by atoms with van der Waals surface area (Å²) in [7, 11) is -3.88. The molecule has 1 amide bonds. The molecule has 0 aliphatic carbocycles. The van der Waals surface area contributed by atoms with Crippen molar-refractivity contribution in [1.29, 1.82) is 0 Å². The molecule has 0 bridgehead atoms. The van der Waals surface area contributed by atoms with E-state index in [2.05, 4.69) is 25.4 Å². The second-order valence-electron chi connectivity index (χ2n) is 11.8. The van der Waals surface area contributed by atoms with Gasteiger partial charge in [-0.15, -0.1) is 0 Å². The first-order valence-corrected chi connectivity index (χ1v) is 15.3. The number of nitrogens with zero attached hydrogens (tertiary/aromatic N) is 5. The lowest BCUT2D eigenvalue weighted by Crippen LogP contribution is -2.31. The van der Waals surface area contributed by atoms with Crippen molar-refractivity contribution >= 4 is 32.3 Å². The lowest BCUT2D eigenvalue weighted by Gasteiger charge is -2.23. The van der Waals surface area contributed by atoms with Gasteiger partial charge in [0.25, 0.3) is 0 Å². The zero-order chi connectivity index (χ0) is 31.0. The number of ether oxygens (including phenoxy) is 1. The van der Waals surface area contributed by atoms with Crippen molar-refractivity contribution in [1.82, 2.24) is 24.7 Å². The summed E-state index contributed by atoms with van der Waals surface area (Å²) in [5.41, 5.74) is 2.69. The summed E-state index contributed by atoms with van der Waals surface area (Å²) in [4.78, 5) is 25.6. The van der Waals surface area contributed by atoms with Crippen LogP contribution in [0.5, 0.6) is 11.5 Å². The minimum atomic E-state index is -3.88. The molecular weight excluding hydrogens is 564 g/mol. The van der Waals surface area contributed by atoms with Crippen molar-refractivity contribution in [2.75, 3.05) is 5.32 Å². The molecule has 3 heterocycles. The largest absolute Gasteiger partial charge is 0.456 e. The summed E-state index contributed by atoms with van der Waals surface area (Å²) in [6.07, 6.45) is 8.30. The first-order chi connectivity index (χ1) is 20.3. The first kappa shape index (κ1) is 29.8. The van der Waals surface area contributed by atoms with Gasteiger partial charge in [-0.1, -0.05) is 12.1 Å². The molecule has 0 unspecified atom stereocenters. The third-order valence-electron chi connectivity index (χ3n) is 7.14. The number of aryl methyl sites for hydroxylation is 1. The summed E-state index contributed by atoms with van der Waals surface area (Å²) in [6, 6.07) is 13.7. The van der Waals surface area contributed by atoms with E-state index >= 15 is 0 Å². The minimum absolute atomic E-state index is 0.112. The van der Waals surface area contributed by atoms with Crippen molar-refractivity contribution < 1.29 is 17.9 Å². The Labute approximate surface area is 251 Å². The average Bonchev–Trinajstić information content (AvgIpc) is 3.44. The van der Waals surface area contributed by atoms with Crippen molar-refractivity contribution in [3.05, 3.63) is 96.5 Å². The molecule has 0 aliphatic heterocycles. The molecule has 0 saturated carbocycles. The molecule has 3 aromatic heterocycles. The molecule has 0 radical (unpaired) electrons. The second-order valence-corrected chi connectivity index (χ2v) is 14.3. The van der Waals surface area contributed by atoms with Crippen LogP contribution in [0.25, 0.3) is 10.9 Å². The molecule has 0 atom stereocenters. The van der Waals surface area contributed by atoms with Crippen LogP contribution in [-0.2, 0) is 31.3 Å². The fraction of sp³-hybridized carbons (Fsp3) is 0.281. The van der Waals surface area contributed by atoms with Gasteiger partial charge >= 0.3 is 0 Å². The third kappa shape index (κ3) is 6.12. The third-order valence-corrected chi connectivity index (χ3v) is 9.54. The Hall–Kier alpha value is -4.64. The maximum absolute atomic E-state index is 13.7. The van der Waals surface area contributed by atoms with Gasteiger partial charge in [-0.05, 0) is 89.1 Å². The molecule has 222 valence electrons. The van der Waals surface area contributed by atoms with Gasteiger partial charge in [0.15, 0.2) is 9.84 Å². The summed E-state index contributed by atoms with van der Waals surface area (Å²) < 4.78 is 34.2. The summed E-state index contributed by atoms with van der Waals surface area (Å²) >= 11 is 0. The Kier molecular flexibility index (Phi) is 7.78. The Morgan fingerprint density at radius 1 is 0.930 bits per heavy atom. The summed E-state index contributed by atoms with van der Waals surface area (Å²) in [6.45, 7) is 11.2. The van der Waals surface area contributed by atoms with Crippen molar-refractivity contribution in [2.45, 2.75) is 63.1 Å². The zero-order valence-corrected chi connectivity index (χ0v) is 25.8. The van der Waals surface area contributed by atoms with Gasteiger partial charge in [0.2, 0.25) is 5.91 Å². The quantitative estimate of drug-likeness (QED) is 0.231. The van der Waals surface area contributed by atoms with E-state index in [4.69, 9.17) is 4.74 Å². The number of nitrogens with one attached hydrogen (secondary N) is 1. The highest BCUT2D eigenvalue weighted by Crippen LogP contribution is 2.37. The Morgan fingerprint density at radius 3 is 2.35 bits per heavy atom. The van der Waals surface area contributed by atoms with Crippen LogP contribution in [0.1, 0.15) is 51.6 Å². The highest BCUT2D eigenvalue weighted by Gasteiger charge is 2.40. The van der Waals surface area contributed by atoms with Gasteiger partial charge in [0.05, 0.1) is 34.3 Å². The molecule has 5 aromatic rings. The molecule has 0 aliphatic rings. The molecule has 43 heavy (non-hydrogen) atoms. The molecule has 10 nitrogen and oxygen atoms in total. The standard InChI is InChI=1S/C32H34N6O4S/c1-21-16-22(17-29(39)37-23-19-36-38(20-23)31(2,3)4)8-11-27(21)42-28-12-15-33-26-10-9-24(18-25(26)28)43(40,41)32(5,6)30-34-13-7-14-35-30/h7-16,18-20H,17H2,1-6H3,(H,37,39). The number of amides is 1. The lowest BCUT2D eigenvalue weighted by molar-refractivity contribution is -0.115. The molecule has 2 aromatic carbocycles. The number of pyridine rings is 1. The first-order valence-electron chi connectivity index (χ1n) is 13.8. The predicted octanol–water partition coefficient (Wildman–Crippen LogP) is 5.97. The van der Waals surface area contributed by atoms with Crippen LogP contribution in [0.4, 0.5) is 5.69 Å². The Morgan fingerprint density at radius 2 is 1.67 bits per heavy atom. The van der Waals surface area contributed by atoms with Crippen LogP contribution in [0.2, 0.25) is 0 Å². The van der Waals surface area contributed by atoms with Crippen LogP contribution < -0.4 is 10.1 Å². The number of benzene rings is 2. The van der Waals surface area contributed by atoms with Crippen LogP contribution in [0.3, 0.4) is 0 Å². The molecule has 1 N–H and O–H groups in total. The molecular formula is C32H34N6O4S. The van der Waals surface area contributed by atoms with E-state index in [0.29, 0.717) is 28.1 Å². The number of aromatic nitrogens is 5. The van der Waals surface area contributed by atoms with Gasteiger partial charge in [-0.25, -0.2) is 18.4 Å². The average molecular weight is 599 g/mol. The monoisotopic (exact) mass is 598 g/mol. The van der Waals surface area contributed by atoms with Gasteiger partial charge in [-0.2, -0.15) is 5.10 Å². The Balaban J connectivity index is 1.36. The highest BCUT2D eigenvalue weighted by molar-refractivity contribution is 7.92. The SMILES string of the molecule is Cc1cc(CC(=O)Nc2cnn(C(C)(C)C)c2)ccc1Oc1ccnc2ccc(S(=O)(=O)C(C)(C)c3ncccn3)cc12. The summed E-state index contributed by atoms with van der Waals surface area (Å²) in [5.74, 6) is 1.09. The van der Waals surface area contributed by atoms with Crippen LogP contribution >= 0.6 is 0 Å². The zero-order valence-electron chi connectivity index (χ0n) is 25.0. The van der Waals surface area contributed by atoms with Gasteiger partial charge in [0, 0.05) is 30.2 Å². The van der Waals surface area contributed by atoms with E-state index in [1.165, 1.54) is 12.4 Å². The molecule has 0 spiro atoms. The minimum Gasteiger partial charge on any atom is -0.456 e. The van der Waals surface area contributed by atoms with E-state index in [1.807, 2.05) is 46.0 Å². The number of rotatable bonds is 8. The highest BCUT2D eigenvalue weighted by atomic mass is 32.2. The normalized spacial score (nSPS) is 12.3. The topological polar surface area (TPSA) is 129 Å². The van der Waals surface area contributed by atoms with E-state index in [0.717, 1.165) is 11.1 Å². The molecule has 11 heteroatoms. The number of carbonyl (C=O) groups excluding carboxylic acids is 1. The van der Waals surface area contributed by atoms with Crippen molar-refractivity contribution in [3.63, 3.8) is 0 Å². The van der Waals surface area contributed by atoms with Gasteiger partial charge in [0.1, 0.15) is 22.1 Å². The fourth-order valence-corrected chi connectivity index (χ4v) is 6.04. The van der Waals surface area contributed by atoms with Gasteiger partial charge < -0.3 is 10.1 Å². The maximum Gasteiger partial charge on any atom is 0.228 e. The van der Waals surface area contributed by atoms with Crippen LogP contribution in [0.15, 0.2) is 84.4 Å². The Bertz CT molecular complexity index is 1910. The van der Waals surface area contributed by atoms with Gasteiger partial charge in [-0.3, -0.25) is 14.5 Å². The van der Waals surface area contributed by atoms with Crippen molar-refractivity contribution in [2.24, 2.45) is 0 Å². The van der Waals surface area contributed by atoms with Crippen molar-refractivity contribution in [3.8, 4) is 11.5 Å². The molecule has 0 fully saturated rings. The van der Waals surface area contributed by atoms with Crippen LogP contribution in [0, 0.1) is 6.92 Å². The number of sulfone groups is 1. The summed E-state index contributed by atoms with van der Waals surface area (Å²) in [5, 5.41) is 7.77. The molecule has 5 rings (SSSR count). The van der Waals surface area contributed by atoms with Crippen LogP contribution in [-0.4, -0.2) is 39.1 Å². The predicted molar refractivity (Wildman–Crippen MR) is 165 cm³/mol. The van der Waals surface area contributed by atoms with E-state index in [9.17, 15) is 13.2 Å². The number of anilines is 1. The number of fused-ring (bicyclic) bond motifs is 1. The fourth-order valence-electron chi connectivity index (χ4n) is 4.58. The maximum atomic E-state index is 13.7. The van der Waals surface area contributed by atoms with E-state index in [1.54, 1.807) is 67.3 Å². The van der Waals surface area contributed by atoms with E-state index < -0.39 is 14.6 Å². The second kappa shape index (κ2) is 11.2. The number of carbonyl (C=O) groups is 1. The smallest absolute Gasteiger partial charge is 0.228 e.